The third-order valence-electron chi connectivity index (χ3n) is 17.8. The molecule has 0 unspecified atom stereocenters. The molecule has 3 aliphatic rings. The molecular formula is C79H86O18P4. The molecule has 0 amide bonds. The summed E-state index contributed by atoms with van der Waals surface area (Å²) in [6.45, 7) is 7.55. The number of esters is 4. The molecule has 3 saturated heterocycles. The first kappa shape index (κ1) is 78.8. The van der Waals surface area contributed by atoms with Gasteiger partial charge in [-0.1, -0.05) is 256 Å². The van der Waals surface area contributed by atoms with E-state index in [9.17, 15) is 51.8 Å². The molecule has 11 rings (SSSR count). The molecule has 3 fully saturated rings. The maximum atomic E-state index is 13.6. The largest absolute Gasteiger partial charge is 0.481 e. The number of carboxylic acids is 3. The minimum Gasteiger partial charge on any atom is -0.481 e. The van der Waals surface area contributed by atoms with Gasteiger partial charge in [-0.25, -0.2) is 0 Å². The number of carboxylic acid groups (broad SMARTS) is 3. The summed E-state index contributed by atoms with van der Waals surface area (Å²) in [7, 11) is -10.2. The number of aliphatic carboxylic acids is 3. The molecule has 3 aliphatic heterocycles. The minimum atomic E-state index is -2.69. The second-order valence-electron chi connectivity index (χ2n) is 24.4. The molecule has 101 heavy (non-hydrogen) atoms. The fraction of sp³-hybridized carbons (Fsp3) is 0.253. The first-order valence-corrected chi connectivity index (χ1v) is 40.9. The van der Waals surface area contributed by atoms with Crippen molar-refractivity contribution in [2.24, 2.45) is 16.7 Å². The van der Waals surface area contributed by atoms with Gasteiger partial charge in [-0.2, -0.15) is 0 Å². The number of carbonyl (C=O) groups is 7. The van der Waals surface area contributed by atoms with Crippen molar-refractivity contribution in [3.8, 4) is 0 Å². The predicted molar refractivity (Wildman–Crippen MR) is 395 cm³/mol. The second kappa shape index (κ2) is 38.3. The van der Waals surface area contributed by atoms with Gasteiger partial charge in [0.15, 0.2) is 18.0 Å². The van der Waals surface area contributed by atoms with E-state index in [1.54, 1.807) is 24.3 Å². The molecule has 22 heteroatoms. The normalized spacial score (nSPS) is 17.3. The van der Waals surface area contributed by atoms with Gasteiger partial charge in [0.1, 0.15) is 54.3 Å². The van der Waals surface area contributed by atoms with E-state index in [1.807, 2.05) is 218 Å². The van der Waals surface area contributed by atoms with Crippen LogP contribution in [-0.4, -0.2) is 94.1 Å². The van der Waals surface area contributed by atoms with E-state index in [1.165, 1.54) is 11.6 Å². The zero-order valence-corrected chi connectivity index (χ0v) is 59.6. The van der Waals surface area contributed by atoms with E-state index in [2.05, 4.69) is 13.2 Å². The van der Waals surface area contributed by atoms with Gasteiger partial charge < -0.3 is 52.5 Å². The highest BCUT2D eigenvalue weighted by atomic mass is 31.2. The van der Waals surface area contributed by atoms with Crippen LogP contribution in [0.15, 0.2) is 267 Å². The molecule has 0 spiro atoms. The maximum absolute atomic E-state index is 13.6. The topological polar surface area (TPSA) is 285 Å². The number of carbonyl (C=O) groups excluding carboxylic acids is 4. The molecule has 8 aromatic rings. The highest BCUT2D eigenvalue weighted by molar-refractivity contribution is 7.77. The Morgan fingerprint density at radius 3 is 0.931 bits per heavy atom. The fourth-order valence-electron chi connectivity index (χ4n) is 11.4. The predicted octanol–water partition coefficient (Wildman–Crippen LogP) is 14.8. The molecule has 18 nitrogen and oxygen atoms in total. The van der Waals surface area contributed by atoms with Gasteiger partial charge in [-0.05, 0) is 72.4 Å². The van der Waals surface area contributed by atoms with Gasteiger partial charge in [0.05, 0.1) is 5.92 Å². The quantitative estimate of drug-likeness (QED) is 0.0261. The smallest absolute Gasteiger partial charge is 0.323 e. The Balaban J connectivity index is 0.000000209. The third kappa shape index (κ3) is 22.7. The van der Waals surface area contributed by atoms with Crippen LogP contribution >= 0.6 is 28.6 Å². The molecule has 0 bridgehead atoms. The number of rotatable bonds is 21. The van der Waals surface area contributed by atoms with Crippen molar-refractivity contribution in [2.75, 3.05) is 37.0 Å². The highest BCUT2D eigenvalue weighted by Gasteiger charge is 2.54. The van der Waals surface area contributed by atoms with Crippen LogP contribution in [0.1, 0.15) is 68.6 Å². The van der Waals surface area contributed by atoms with Crippen LogP contribution in [0.3, 0.4) is 0 Å². The van der Waals surface area contributed by atoms with E-state index in [0.29, 0.717) is 30.5 Å². The van der Waals surface area contributed by atoms with Crippen molar-refractivity contribution in [3.05, 3.63) is 290 Å². The Morgan fingerprint density at radius 2 is 0.653 bits per heavy atom. The van der Waals surface area contributed by atoms with Gasteiger partial charge in [0.25, 0.3) is 0 Å². The van der Waals surface area contributed by atoms with Crippen LogP contribution in [0.5, 0.6) is 0 Å². The summed E-state index contributed by atoms with van der Waals surface area (Å²) in [5, 5.41) is 30.3. The summed E-state index contributed by atoms with van der Waals surface area (Å²) in [6.07, 6.45) is 2.69. The molecule has 8 aromatic carbocycles. The van der Waals surface area contributed by atoms with Crippen LogP contribution < -0.4 is 21.2 Å². The van der Waals surface area contributed by atoms with Crippen LogP contribution in [0.25, 0.3) is 0 Å². The maximum Gasteiger partial charge on any atom is 0.323 e. The zero-order chi connectivity index (χ0) is 72.8. The van der Waals surface area contributed by atoms with Crippen LogP contribution in [-0.2, 0) is 97.2 Å². The van der Waals surface area contributed by atoms with E-state index in [4.69, 9.17) is 34.3 Å². The average molecular weight is 1450 g/mol. The molecular weight excluding hydrogens is 1360 g/mol. The molecule has 0 radical (unpaired) electrons. The molecule has 3 heterocycles. The minimum absolute atomic E-state index is 0. The number of benzene rings is 8. The lowest BCUT2D eigenvalue weighted by atomic mass is 9.82. The Labute approximate surface area is 590 Å². The standard InChI is InChI=1S/C27H27O5P.C17H16O4.C13H15O5P.C12H15O3P.C10H11OP.H2/c28-25(31-20-22-10-4-1-5-11-22)27(26(29)32-21-23-12-6-2-7-13-23)16-18-33(30,19-17-27)24-14-8-3-9-15-24;18-16(20-12-14-7-3-1-4-8-14)11-17(19)21-13-15-9-5-2-6-10-15;14-11(15)13(12(16)17)6-8-19(18,9-7-13)10-4-2-1-3-5-10;13-12(14)10-6-8-16(15,9-7-10)11-4-2-1-3-5-11;1-3-12(11,4-2)10-8-6-5-7-9-10;/h1-15H,16-21H2;1-10H,11-13H2;1-5H,6-9H2,(H,14,15)(H,16,17);1-5,10H,6-9H2,(H,13,14);3-9H,1-2H2;1H. The van der Waals surface area contributed by atoms with Crippen LogP contribution in [0.2, 0.25) is 0 Å². The lowest BCUT2D eigenvalue weighted by Gasteiger charge is -2.36. The van der Waals surface area contributed by atoms with Crippen LogP contribution in [0, 0.1) is 16.7 Å². The summed E-state index contributed by atoms with van der Waals surface area (Å²) in [5.74, 6) is -3.17. The van der Waals surface area contributed by atoms with Gasteiger partial charge in [0, 0.05) is 59.6 Å². The van der Waals surface area contributed by atoms with E-state index in [-0.39, 0.29) is 90.5 Å². The summed E-state index contributed by atoms with van der Waals surface area (Å²) in [6, 6.07) is 74.2. The van der Waals surface area contributed by atoms with Gasteiger partial charge in [-0.15, -0.1) is 0 Å². The number of ether oxygens (including phenoxy) is 4. The Hall–Kier alpha value is -9.55. The first-order chi connectivity index (χ1) is 48.5. The van der Waals surface area contributed by atoms with Crippen molar-refractivity contribution in [2.45, 2.75) is 71.4 Å². The van der Waals surface area contributed by atoms with Gasteiger partial charge >= 0.3 is 41.8 Å². The SMILES string of the molecule is C=CP(=O)(C=C)c1ccccc1.O=C(CC(=O)OCc1ccccc1)OCc1ccccc1.O=C(O)C1(C(=O)O)CCP(=O)(c2ccccc2)CC1.O=C(O)C1CCP(=O)(c2ccccc2)CC1.O=C(OCc1ccccc1)C1(C(=O)OCc2ccccc2)CCP(=O)(c2ccccc2)CC1.[HH]. The summed E-state index contributed by atoms with van der Waals surface area (Å²) in [5.41, 5.74) is 0.204. The Kier molecular flexibility index (Phi) is 29.9. The third-order valence-corrected chi connectivity index (χ3v) is 29.5. The molecule has 0 atom stereocenters. The number of hydrogen-bond donors (Lipinski definition) is 3. The second-order valence-corrected chi connectivity index (χ2v) is 36.6. The van der Waals surface area contributed by atoms with Gasteiger partial charge in [-0.3, -0.25) is 33.6 Å². The lowest BCUT2D eigenvalue weighted by Crippen LogP contribution is -2.46. The zero-order valence-electron chi connectivity index (χ0n) is 56.0. The van der Waals surface area contributed by atoms with Crippen molar-refractivity contribution in [3.63, 3.8) is 0 Å². The van der Waals surface area contributed by atoms with Crippen molar-refractivity contribution in [1.82, 2.24) is 0 Å². The molecule has 0 aromatic heterocycles. The van der Waals surface area contributed by atoms with Crippen molar-refractivity contribution < 1.29 is 87.5 Å². The fourth-order valence-corrected chi connectivity index (χ4v) is 21.4. The summed E-state index contributed by atoms with van der Waals surface area (Å²) in [4.78, 5) is 82.8. The van der Waals surface area contributed by atoms with Crippen molar-refractivity contribution in [1.29, 1.82) is 0 Å². The molecule has 0 saturated carbocycles. The number of hydrogen-bond acceptors (Lipinski definition) is 15. The Morgan fingerprint density at radius 1 is 0.396 bits per heavy atom. The van der Waals surface area contributed by atoms with E-state index >= 15 is 0 Å². The van der Waals surface area contributed by atoms with Gasteiger partial charge in [0.2, 0.25) is 0 Å². The summed E-state index contributed by atoms with van der Waals surface area (Å²) >= 11 is 0. The molecule has 3 N–H and O–H groups in total. The molecule has 0 aliphatic carbocycles. The lowest BCUT2D eigenvalue weighted by molar-refractivity contribution is -0.175. The average Bonchev–Trinajstić information content (AvgIpc) is 0.771. The summed E-state index contributed by atoms with van der Waals surface area (Å²) < 4.78 is 72.1. The van der Waals surface area contributed by atoms with Crippen LogP contribution in [0.4, 0.5) is 0 Å². The molecule has 530 valence electrons. The first-order valence-electron chi connectivity index (χ1n) is 32.9. The van der Waals surface area contributed by atoms with Crippen molar-refractivity contribution >= 4 is 91.6 Å². The van der Waals surface area contributed by atoms with E-state index in [0.717, 1.165) is 38.2 Å². The van der Waals surface area contributed by atoms with E-state index < -0.39 is 81.2 Å². The monoisotopic (exact) mass is 1450 g/mol. The highest BCUT2D eigenvalue weighted by Crippen LogP contribution is 2.56. The Bertz CT molecular complexity index is 4070.